The first kappa shape index (κ1) is 21.2. The molecule has 1 unspecified atom stereocenters. The molecule has 0 saturated carbocycles. The number of imide groups is 1. The van der Waals surface area contributed by atoms with E-state index in [1.807, 2.05) is 33.4 Å². The first-order valence-electron chi connectivity index (χ1n) is 11.6. The number of fused-ring (bicyclic) bond motifs is 1. The van der Waals surface area contributed by atoms with Gasteiger partial charge in [0.15, 0.2) is 4.96 Å². The minimum absolute atomic E-state index is 0.0445. The first-order chi connectivity index (χ1) is 17.6. The van der Waals surface area contributed by atoms with Gasteiger partial charge in [-0.2, -0.15) is 0 Å². The molecule has 1 atom stereocenters. The summed E-state index contributed by atoms with van der Waals surface area (Å²) in [5, 5.41) is 4.27. The number of aromatic nitrogens is 2. The standard InChI is InChI=1S/C25H20N6O4S/c32-22-18(17-13-36-25-27-5-7-31(17)25)19(23(33)28-22)20-15-3-1-2-14-12-16(30(21(14)15)6-4-26-20)24(34)29-8-10-35-11-9-29/h1-7,13,16H,8-12H2,(H,28,32,33). The Labute approximate surface area is 209 Å². The number of rotatable bonds is 3. The maximum Gasteiger partial charge on any atom is 0.261 e. The topological polar surface area (TPSA) is 109 Å². The summed E-state index contributed by atoms with van der Waals surface area (Å²) in [5.74, 6) is -0.918. The van der Waals surface area contributed by atoms with Gasteiger partial charge in [-0.3, -0.25) is 29.1 Å². The molecule has 4 aliphatic rings. The lowest BCUT2D eigenvalue weighted by molar-refractivity contribution is -0.136. The smallest absolute Gasteiger partial charge is 0.261 e. The van der Waals surface area contributed by atoms with Gasteiger partial charge in [-0.25, -0.2) is 4.98 Å². The van der Waals surface area contributed by atoms with Gasteiger partial charge < -0.3 is 14.5 Å². The Balaban J connectivity index is 1.35. The number of hydrogen-bond donors (Lipinski definition) is 1. The minimum atomic E-state index is -0.494. The fraction of sp³-hybridized carbons (Fsp3) is 0.240. The number of para-hydroxylation sites is 1. The number of hydrogen-bond acceptors (Lipinski definition) is 8. The normalized spacial score (nSPS) is 21.2. The van der Waals surface area contributed by atoms with Crippen LogP contribution in [0, 0.1) is 0 Å². The van der Waals surface area contributed by atoms with Crippen LogP contribution in [0.15, 0.2) is 58.9 Å². The molecule has 3 aromatic rings. The van der Waals surface area contributed by atoms with Crippen LogP contribution in [-0.2, 0) is 25.5 Å². The molecule has 3 amide bonds. The number of morpholine rings is 1. The third-order valence-electron chi connectivity index (χ3n) is 6.99. The Morgan fingerprint density at radius 2 is 1.97 bits per heavy atom. The number of ether oxygens (including phenoxy) is 1. The van der Waals surface area contributed by atoms with Gasteiger partial charge in [-0.15, -0.1) is 11.3 Å². The number of nitrogens with one attached hydrogen (secondary N) is 1. The molecule has 1 N–H and O–H groups in total. The van der Waals surface area contributed by atoms with Crippen LogP contribution in [0.1, 0.15) is 16.8 Å². The molecular formula is C25H20N6O4S. The fourth-order valence-electron chi connectivity index (χ4n) is 5.37. The van der Waals surface area contributed by atoms with Crippen LogP contribution in [-0.4, -0.2) is 70.1 Å². The van der Waals surface area contributed by atoms with Crippen molar-refractivity contribution in [3.63, 3.8) is 0 Å². The zero-order valence-corrected chi connectivity index (χ0v) is 19.8. The quantitative estimate of drug-likeness (QED) is 0.545. The predicted molar refractivity (Wildman–Crippen MR) is 133 cm³/mol. The van der Waals surface area contributed by atoms with Crippen LogP contribution >= 0.6 is 11.3 Å². The van der Waals surface area contributed by atoms with E-state index in [0.29, 0.717) is 49.7 Å². The van der Waals surface area contributed by atoms with Gasteiger partial charge in [0.25, 0.3) is 11.8 Å². The lowest BCUT2D eigenvalue weighted by Gasteiger charge is -2.32. The first-order valence-corrected chi connectivity index (χ1v) is 12.5. The highest BCUT2D eigenvalue weighted by atomic mass is 32.1. The zero-order valence-electron chi connectivity index (χ0n) is 19.0. The van der Waals surface area contributed by atoms with E-state index < -0.39 is 17.9 Å². The van der Waals surface area contributed by atoms with Crippen molar-refractivity contribution in [2.24, 2.45) is 4.99 Å². The van der Waals surface area contributed by atoms with E-state index in [4.69, 9.17) is 4.74 Å². The monoisotopic (exact) mass is 500 g/mol. The van der Waals surface area contributed by atoms with Gasteiger partial charge in [0, 0.05) is 55.2 Å². The van der Waals surface area contributed by atoms with Crippen LogP contribution in [0.25, 0.3) is 10.5 Å². The van der Waals surface area contributed by atoms with Crippen molar-refractivity contribution in [1.82, 2.24) is 19.6 Å². The molecule has 0 bridgehead atoms. The molecule has 180 valence electrons. The van der Waals surface area contributed by atoms with Crippen molar-refractivity contribution >= 4 is 51.0 Å². The Kier molecular flexibility index (Phi) is 4.70. The third kappa shape index (κ3) is 3.02. The van der Waals surface area contributed by atoms with Crippen LogP contribution in [0.3, 0.4) is 0 Å². The summed E-state index contributed by atoms with van der Waals surface area (Å²) in [4.78, 5) is 53.1. The SMILES string of the molecule is O=C1NC(=O)C(c2csc3nccn23)=C1C1=NC=CN2c3c(cccc31)CC2C(=O)N1CCOCC1. The summed E-state index contributed by atoms with van der Waals surface area (Å²) >= 11 is 1.39. The number of imidazole rings is 1. The van der Waals surface area contributed by atoms with Crippen molar-refractivity contribution in [1.29, 1.82) is 0 Å². The Morgan fingerprint density at radius 1 is 1.14 bits per heavy atom. The molecule has 1 aromatic carbocycles. The fourth-order valence-corrected chi connectivity index (χ4v) is 6.22. The molecule has 0 radical (unpaired) electrons. The van der Waals surface area contributed by atoms with Crippen molar-refractivity contribution in [3.8, 4) is 0 Å². The van der Waals surface area contributed by atoms with Crippen LogP contribution in [0.5, 0.6) is 0 Å². The molecule has 4 aliphatic heterocycles. The Morgan fingerprint density at radius 3 is 2.83 bits per heavy atom. The van der Waals surface area contributed by atoms with Crippen LogP contribution in [0.2, 0.25) is 0 Å². The number of amides is 3. The second-order valence-electron chi connectivity index (χ2n) is 8.89. The molecular weight excluding hydrogens is 480 g/mol. The highest BCUT2D eigenvalue weighted by molar-refractivity contribution is 7.15. The minimum Gasteiger partial charge on any atom is -0.378 e. The van der Waals surface area contributed by atoms with E-state index in [9.17, 15) is 14.4 Å². The second kappa shape index (κ2) is 7.97. The van der Waals surface area contributed by atoms with Crippen molar-refractivity contribution < 1.29 is 19.1 Å². The van der Waals surface area contributed by atoms with E-state index in [0.717, 1.165) is 16.2 Å². The van der Waals surface area contributed by atoms with Crippen LogP contribution < -0.4 is 10.2 Å². The molecule has 1 saturated heterocycles. The van der Waals surface area contributed by atoms with Gasteiger partial charge in [0.1, 0.15) is 6.04 Å². The maximum atomic E-state index is 13.5. The van der Waals surface area contributed by atoms with Crippen molar-refractivity contribution in [2.45, 2.75) is 12.5 Å². The van der Waals surface area contributed by atoms with Gasteiger partial charge in [0.2, 0.25) is 5.91 Å². The average molecular weight is 501 g/mol. The Bertz CT molecular complexity index is 1560. The van der Waals surface area contributed by atoms with Gasteiger partial charge in [0.05, 0.1) is 41.5 Å². The molecule has 1 fully saturated rings. The van der Waals surface area contributed by atoms with Crippen molar-refractivity contribution in [2.75, 3.05) is 31.2 Å². The number of carbonyl (C=O) groups excluding carboxylic acids is 3. The molecule has 0 aliphatic carbocycles. The van der Waals surface area contributed by atoms with Gasteiger partial charge >= 0.3 is 0 Å². The number of benzene rings is 1. The van der Waals surface area contributed by atoms with Crippen molar-refractivity contribution in [3.05, 3.63) is 70.8 Å². The molecule has 10 nitrogen and oxygen atoms in total. The number of thiazole rings is 1. The lowest BCUT2D eigenvalue weighted by Crippen LogP contribution is -2.49. The molecule has 36 heavy (non-hydrogen) atoms. The van der Waals surface area contributed by atoms with Gasteiger partial charge in [-0.1, -0.05) is 18.2 Å². The molecule has 0 spiro atoms. The summed E-state index contributed by atoms with van der Waals surface area (Å²) in [6.07, 6.45) is 7.36. The maximum absolute atomic E-state index is 13.5. The van der Waals surface area contributed by atoms with Crippen LogP contribution in [0.4, 0.5) is 5.69 Å². The average Bonchev–Trinajstić information content (AvgIpc) is 3.62. The van der Waals surface area contributed by atoms with Gasteiger partial charge in [-0.05, 0) is 5.56 Å². The summed E-state index contributed by atoms with van der Waals surface area (Å²) in [6.45, 7) is 2.21. The molecule has 2 aromatic heterocycles. The summed E-state index contributed by atoms with van der Waals surface area (Å²) in [5.41, 5.74) is 4.03. The van der Waals surface area contributed by atoms with E-state index in [1.54, 1.807) is 29.2 Å². The number of aliphatic imine (C=N–C) groups is 1. The number of anilines is 1. The Hall–Kier alpha value is -4.09. The molecule has 11 heteroatoms. The third-order valence-corrected chi connectivity index (χ3v) is 7.84. The van der Waals surface area contributed by atoms with E-state index in [1.165, 1.54) is 11.3 Å². The zero-order chi connectivity index (χ0) is 24.4. The van der Waals surface area contributed by atoms with E-state index >= 15 is 0 Å². The number of carbonyl (C=O) groups is 3. The number of nitrogens with zero attached hydrogens (tertiary/aromatic N) is 5. The highest BCUT2D eigenvalue weighted by Gasteiger charge is 2.42. The molecule has 7 rings (SSSR count). The highest BCUT2D eigenvalue weighted by Crippen LogP contribution is 2.40. The second-order valence-corrected chi connectivity index (χ2v) is 9.72. The molecule has 6 heterocycles. The summed E-state index contributed by atoms with van der Waals surface area (Å²) < 4.78 is 7.21. The summed E-state index contributed by atoms with van der Waals surface area (Å²) in [6, 6.07) is 5.39. The summed E-state index contributed by atoms with van der Waals surface area (Å²) in [7, 11) is 0. The largest absolute Gasteiger partial charge is 0.378 e. The lowest BCUT2D eigenvalue weighted by atomic mass is 9.94. The van der Waals surface area contributed by atoms with E-state index in [-0.39, 0.29) is 17.1 Å². The van der Waals surface area contributed by atoms with E-state index in [2.05, 4.69) is 15.3 Å². The predicted octanol–water partition coefficient (Wildman–Crippen LogP) is 1.37.